The van der Waals surface area contributed by atoms with E-state index in [2.05, 4.69) is 34.2 Å². The Hall–Kier alpha value is -1.36. The number of aromatic nitrogens is 2. The van der Waals surface area contributed by atoms with Gasteiger partial charge in [0.1, 0.15) is 18.2 Å². The van der Waals surface area contributed by atoms with Gasteiger partial charge in [-0.25, -0.2) is 9.97 Å². The predicted molar refractivity (Wildman–Crippen MR) is 86.8 cm³/mol. The third-order valence-electron chi connectivity index (χ3n) is 4.12. The molecule has 1 aromatic rings. The molecule has 5 heteroatoms. The highest BCUT2D eigenvalue weighted by Crippen LogP contribution is 2.25. The van der Waals surface area contributed by atoms with E-state index in [1.54, 1.807) is 7.11 Å². The summed E-state index contributed by atoms with van der Waals surface area (Å²) in [7, 11) is 3.84. The number of hydrogen-bond donors (Lipinski definition) is 1. The molecule has 118 valence electrons. The Morgan fingerprint density at radius 2 is 1.95 bits per heavy atom. The monoisotopic (exact) mass is 292 g/mol. The molecule has 21 heavy (non-hydrogen) atoms. The Labute approximate surface area is 128 Å². The van der Waals surface area contributed by atoms with Crippen molar-refractivity contribution in [3.63, 3.8) is 0 Å². The van der Waals surface area contributed by atoms with Crippen LogP contribution in [-0.2, 0) is 11.3 Å². The van der Waals surface area contributed by atoms with Gasteiger partial charge in [-0.2, -0.15) is 0 Å². The van der Waals surface area contributed by atoms with Crippen LogP contribution in [0.2, 0.25) is 0 Å². The molecule has 0 unspecified atom stereocenters. The normalized spacial score (nSPS) is 16.5. The highest BCUT2D eigenvalue weighted by atomic mass is 16.5. The summed E-state index contributed by atoms with van der Waals surface area (Å²) in [4.78, 5) is 11.5. The van der Waals surface area contributed by atoms with Crippen molar-refractivity contribution in [2.45, 2.75) is 58.1 Å². The summed E-state index contributed by atoms with van der Waals surface area (Å²) < 4.78 is 5.19. The Morgan fingerprint density at radius 1 is 1.24 bits per heavy atom. The second-order valence-electron chi connectivity index (χ2n) is 5.75. The van der Waals surface area contributed by atoms with Gasteiger partial charge in [-0.1, -0.05) is 25.7 Å². The van der Waals surface area contributed by atoms with E-state index >= 15 is 0 Å². The third kappa shape index (κ3) is 4.56. The molecule has 1 aliphatic carbocycles. The zero-order valence-corrected chi connectivity index (χ0v) is 13.6. The third-order valence-corrected chi connectivity index (χ3v) is 4.12. The van der Waals surface area contributed by atoms with E-state index in [1.165, 1.54) is 38.5 Å². The number of nitrogens with one attached hydrogen (secondary N) is 1. The smallest absolute Gasteiger partial charge is 0.158 e. The first-order chi connectivity index (χ1) is 10.2. The van der Waals surface area contributed by atoms with Gasteiger partial charge in [0.2, 0.25) is 0 Å². The summed E-state index contributed by atoms with van der Waals surface area (Å²) in [5, 5.41) is 3.28. The van der Waals surface area contributed by atoms with Gasteiger partial charge in [0.05, 0.1) is 0 Å². The molecular weight excluding hydrogens is 264 g/mol. The van der Waals surface area contributed by atoms with Crippen molar-refractivity contribution in [3.05, 3.63) is 11.9 Å². The SMILES string of the molecule is CCNc1cc(N(C)C2CCCCCC2)nc(COC)n1. The number of anilines is 2. The Bertz CT molecular complexity index is 406. The fraction of sp³-hybridized carbons (Fsp3) is 0.750. The van der Waals surface area contributed by atoms with Gasteiger partial charge < -0.3 is 15.0 Å². The van der Waals surface area contributed by atoms with Crippen molar-refractivity contribution in [2.24, 2.45) is 0 Å². The van der Waals surface area contributed by atoms with Crippen LogP contribution in [0.25, 0.3) is 0 Å². The minimum atomic E-state index is 0.449. The molecule has 0 aliphatic heterocycles. The van der Waals surface area contributed by atoms with E-state index in [0.29, 0.717) is 12.6 Å². The number of rotatable bonds is 6. The summed E-state index contributed by atoms with van der Waals surface area (Å²) >= 11 is 0. The molecule has 1 fully saturated rings. The van der Waals surface area contributed by atoms with Crippen LogP contribution in [0, 0.1) is 0 Å². The van der Waals surface area contributed by atoms with Crippen LogP contribution in [0.3, 0.4) is 0 Å². The topological polar surface area (TPSA) is 50.3 Å². The van der Waals surface area contributed by atoms with Crippen LogP contribution in [0.4, 0.5) is 11.6 Å². The summed E-state index contributed by atoms with van der Waals surface area (Å²) in [5.74, 6) is 2.63. The largest absolute Gasteiger partial charge is 0.377 e. The first kappa shape index (κ1) is 16.0. The highest BCUT2D eigenvalue weighted by molar-refractivity contribution is 5.49. The van der Waals surface area contributed by atoms with Crippen molar-refractivity contribution in [1.29, 1.82) is 0 Å². The molecule has 0 spiro atoms. The van der Waals surface area contributed by atoms with Crippen molar-refractivity contribution in [3.8, 4) is 0 Å². The van der Waals surface area contributed by atoms with Crippen LogP contribution in [0.5, 0.6) is 0 Å². The number of hydrogen-bond acceptors (Lipinski definition) is 5. The molecule has 0 radical (unpaired) electrons. The summed E-state index contributed by atoms with van der Waals surface area (Å²) in [6.45, 7) is 3.38. The van der Waals surface area contributed by atoms with Gasteiger partial charge in [-0.05, 0) is 19.8 Å². The molecule has 0 saturated heterocycles. The molecule has 1 aromatic heterocycles. The van der Waals surface area contributed by atoms with Crippen LogP contribution < -0.4 is 10.2 Å². The molecular formula is C16H28N4O. The lowest BCUT2D eigenvalue weighted by molar-refractivity contribution is 0.178. The summed E-state index contributed by atoms with van der Waals surface area (Å²) in [5.41, 5.74) is 0. The standard InChI is InChI=1S/C16H28N4O/c1-4-17-14-11-16(19-15(18-14)12-21-3)20(2)13-9-7-5-6-8-10-13/h11,13H,4-10,12H2,1-3H3,(H,17,18,19). The van der Waals surface area contributed by atoms with Gasteiger partial charge in [-0.15, -0.1) is 0 Å². The van der Waals surface area contributed by atoms with Crippen LogP contribution >= 0.6 is 0 Å². The van der Waals surface area contributed by atoms with Crippen molar-refractivity contribution in [1.82, 2.24) is 9.97 Å². The summed E-state index contributed by atoms with van der Waals surface area (Å²) in [6.07, 6.45) is 7.90. The first-order valence-electron chi connectivity index (χ1n) is 8.08. The van der Waals surface area contributed by atoms with Crippen LogP contribution in [-0.4, -0.2) is 36.7 Å². The zero-order valence-electron chi connectivity index (χ0n) is 13.6. The Kier molecular flexibility index (Phi) is 6.23. The summed E-state index contributed by atoms with van der Waals surface area (Å²) in [6, 6.07) is 2.64. The van der Waals surface area contributed by atoms with Gasteiger partial charge >= 0.3 is 0 Å². The highest BCUT2D eigenvalue weighted by Gasteiger charge is 2.19. The molecule has 1 aliphatic rings. The fourth-order valence-corrected chi connectivity index (χ4v) is 2.96. The van der Waals surface area contributed by atoms with Gasteiger partial charge in [-0.3, -0.25) is 0 Å². The predicted octanol–water partition coefficient (Wildman–Crippen LogP) is 3.21. The van der Waals surface area contributed by atoms with Crippen LogP contribution in [0.1, 0.15) is 51.3 Å². The molecule has 2 rings (SSSR count). The van der Waals surface area contributed by atoms with Gasteiger partial charge in [0, 0.05) is 32.8 Å². The molecule has 0 bridgehead atoms. The molecule has 0 atom stereocenters. The van der Waals surface area contributed by atoms with E-state index in [9.17, 15) is 0 Å². The first-order valence-corrected chi connectivity index (χ1v) is 8.08. The minimum Gasteiger partial charge on any atom is -0.377 e. The Balaban J connectivity index is 2.18. The second-order valence-corrected chi connectivity index (χ2v) is 5.75. The lowest BCUT2D eigenvalue weighted by atomic mass is 10.1. The van der Waals surface area contributed by atoms with E-state index in [1.807, 2.05) is 6.07 Å². The average Bonchev–Trinajstić information content (AvgIpc) is 2.76. The average molecular weight is 292 g/mol. The number of nitrogens with zero attached hydrogens (tertiary/aromatic N) is 3. The second kappa shape index (κ2) is 8.17. The Morgan fingerprint density at radius 3 is 2.57 bits per heavy atom. The van der Waals surface area contributed by atoms with Crippen molar-refractivity contribution >= 4 is 11.6 Å². The van der Waals surface area contributed by atoms with Crippen LogP contribution in [0.15, 0.2) is 6.07 Å². The quantitative estimate of drug-likeness (QED) is 0.816. The molecule has 5 nitrogen and oxygen atoms in total. The molecule has 0 aromatic carbocycles. The van der Waals surface area contributed by atoms with Gasteiger partial charge in [0.25, 0.3) is 0 Å². The zero-order chi connectivity index (χ0) is 15.1. The van der Waals surface area contributed by atoms with Gasteiger partial charge in [0.15, 0.2) is 5.82 Å². The number of methoxy groups -OCH3 is 1. The van der Waals surface area contributed by atoms with E-state index < -0.39 is 0 Å². The van der Waals surface area contributed by atoms with E-state index in [-0.39, 0.29) is 0 Å². The van der Waals surface area contributed by atoms with Crippen molar-refractivity contribution < 1.29 is 4.74 Å². The molecule has 1 saturated carbocycles. The number of ether oxygens (including phenoxy) is 1. The molecule has 1 heterocycles. The maximum atomic E-state index is 5.19. The lowest BCUT2D eigenvalue weighted by Crippen LogP contribution is -2.32. The lowest BCUT2D eigenvalue weighted by Gasteiger charge is -2.28. The molecule has 1 N–H and O–H groups in total. The maximum Gasteiger partial charge on any atom is 0.158 e. The molecule has 0 amide bonds. The van der Waals surface area contributed by atoms with E-state index in [4.69, 9.17) is 4.74 Å². The minimum absolute atomic E-state index is 0.449. The maximum absolute atomic E-state index is 5.19. The fourth-order valence-electron chi connectivity index (χ4n) is 2.96. The van der Waals surface area contributed by atoms with Crippen molar-refractivity contribution in [2.75, 3.05) is 30.9 Å². The van der Waals surface area contributed by atoms with E-state index in [0.717, 1.165) is 24.0 Å².